The van der Waals surface area contributed by atoms with Gasteiger partial charge in [-0.3, -0.25) is 0 Å². The molecule has 0 amide bonds. The van der Waals surface area contributed by atoms with Gasteiger partial charge in [0.15, 0.2) is 11.0 Å². The minimum Gasteiger partial charge on any atom is -0.492 e. The van der Waals surface area contributed by atoms with Crippen molar-refractivity contribution in [1.29, 1.82) is 0 Å². The summed E-state index contributed by atoms with van der Waals surface area (Å²) in [7, 11) is 4.35. The maximum Gasteiger partial charge on any atom is 0.244 e. The third-order valence-corrected chi connectivity index (χ3v) is 6.50. The SMILES string of the molecule is CC1COc2c1c1c(c3c4c(ccc23)C(C)(C)CCC4)n(C)c[n+]1C. The zero-order valence-corrected chi connectivity index (χ0v) is 15.9. The molecule has 5 rings (SSSR count). The lowest BCUT2D eigenvalue weighted by molar-refractivity contribution is -0.645. The van der Waals surface area contributed by atoms with Crippen LogP contribution in [0.1, 0.15) is 56.2 Å². The molecule has 2 aromatic carbocycles. The standard InChI is InChI=1S/C22H27N2O/c1-13-11-25-21-15-8-9-16-14(7-6-10-22(16,2)3)18(15)20-19(17(13)21)23(4)12-24(20)5/h8-9,12-13H,6-7,10-11H2,1-5H3/q+1. The zero-order valence-electron chi connectivity index (χ0n) is 15.9. The summed E-state index contributed by atoms with van der Waals surface area (Å²) in [6.45, 7) is 7.86. The first-order chi connectivity index (χ1) is 11.9. The summed E-state index contributed by atoms with van der Waals surface area (Å²) >= 11 is 0. The number of nitrogens with zero attached hydrogens (tertiary/aromatic N) is 2. The largest absolute Gasteiger partial charge is 0.492 e. The van der Waals surface area contributed by atoms with Gasteiger partial charge in [0, 0.05) is 16.7 Å². The first-order valence-electron chi connectivity index (χ1n) is 9.49. The number of rotatable bonds is 0. The molecule has 0 bridgehead atoms. The molecule has 25 heavy (non-hydrogen) atoms. The van der Waals surface area contributed by atoms with Gasteiger partial charge in [-0.05, 0) is 35.8 Å². The van der Waals surface area contributed by atoms with Crippen LogP contribution in [0.4, 0.5) is 0 Å². The van der Waals surface area contributed by atoms with Crippen molar-refractivity contribution in [3.05, 3.63) is 35.2 Å². The first-order valence-corrected chi connectivity index (χ1v) is 9.49. The van der Waals surface area contributed by atoms with Crippen LogP contribution >= 0.6 is 0 Å². The fourth-order valence-electron chi connectivity index (χ4n) is 5.32. The van der Waals surface area contributed by atoms with Crippen molar-refractivity contribution in [3.8, 4) is 5.75 Å². The Morgan fingerprint density at radius 3 is 2.88 bits per heavy atom. The molecule has 0 spiro atoms. The molecule has 0 saturated carbocycles. The number of aryl methyl sites for hydroxylation is 3. The second-order valence-electron chi connectivity index (χ2n) is 8.74. The van der Waals surface area contributed by atoms with Crippen LogP contribution in [0.2, 0.25) is 0 Å². The maximum atomic E-state index is 6.22. The van der Waals surface area contributed by atoms with Crippen LogP contribution in [0.15, 0.2) is 18.5 Å². The van der Waals surface area contributed by atoms with Crippen molar-refractivity contribution < 1.29 is 9.30 Å². The van der Waals surface area contributed by atoms with E-state index in [0.29, 0.717) is 5.92 Å². The molecule has 3 nitrogen and oxygen atoms in total. The molecular weight excluding hydrogens is 308 g/mol. The number of benzene rings is 2. The van der Waals surface area contributed by atoms with Crippen LogP contribution in [0.5, 0.6) is 5.75 Å². The van der Waals surface area contributed by atoms with Gasteiger partial charge >= 0.3 is 0 Å². The lowest BCUT2D eigenvalue weighted by Gasteiger charge is -2.33. The molecule has 3 heteroatoms. The highest BCUT2D eigenvalue weighted by molar-refractivity contribution is 6.11. The van der Waals surface area contributed by atoms with Crippen molar-refractivity contribution >= 4 is 21.8 Å². The highest BCUT2D eigenvalue weighted by Crippen LogP contribution is 2.48. The van der Waals surface area contributed by atoms with Crippen LogP contribution in [0, 0.1) is 0 Å². The van der Waals surface area contributed by atoms with Crippen LogP contribution in [0.3, 0.4) is 0 Å². The molecule has 130 valence electrons. The Kier molecular flexibility index (Phi) is 2.91. The fraction of sp³-hybridized carbons (Fsp3) is 0.500. The summed E-state index contributed by atoms with van der Waals surface area (Å²) in [6, 6.07) is 4.70. The molecule has 0 N–H and O–H groups in total. The zero-order chi connectivity index (χ0) is 17.5. The monoisotopic (exact) mass is 335 g/mol. The van der Waals surface area contributed by atoms with E-state index in [1.54, 1.807) is 5.56 Å². The highest BCUT2D eigenvalue weighted by atomic mass is 16.5. The molecule has 0 fully saturated rings. The molecule has 2 aliphatic rings. The number of aromatic nitrogens is 2. The van der Waals surface area contributed by atoms with E-state index in [4.69, 9.17) is 4.74 Å². The maximum absolute atomic E-state index is 6.22. The molecule has 1 aliphatic heterocycles. The Bertz CT molecular complexity index is 1040. The third kappa shape index (κ3) is 1.84. The number of hydrogen-bond acceptors (Lipinski definition) is 1. The van der Waals surface area contributed by atoms with E-state index < -0.39 is 0 Å². The summed E-state index contributed by atoms with van der Waals surface area (Å²) in [5, 5.41) is 2.74. The summed E-state index contributed by atoms with van der Waals surface area (Å²) in [5.74, 6) is 1.57. The summed E-state index contributed by atoms with van der Waals surface area (Å²) in [5.41, 5.74) is 7.46. The predicted octanol–water partition coefficient (Wildman–Crippen LogP) is 4.27. The van der Waals surface area contributed by atoms with Crippen LogP contribution in [-0.2, 0) is 25.9 Å². The van der Waals surface area contributed by atoms with Gasteiger partial charge < -0.3 is 4.74 Å². The molecule has 3 aromatic rings. The minimum absolute atomic E-state index is 0.259. The van der Waals surface area contributed by atoms with E-state index in [-0.39, 0.29) is 5.41 Å². The van der Waals surface area contributed by atoms with Gasteiger partial charge in [0.2, 0.25) is 6.33 Å². The van der Waals surface area contributed by atoms with Gasteiger partial charge in [-0.1, -0.05) is 32.9 Å². The van der Waals surface area contributed by atoms with E-state index in [1.165, 1.54) is 52.2 Å². The van der Waals surface area contributed by atoms with Crippen molar-refractivity contribution in [3.63, 3.8) is 0 Å². The van der Waals surface area contributed by atoms with Gasteiger partial charge in [-0.15, -0.1) is 0 Å². The summed E-state index contributed by atoms with van der Waals surface area (Å²) in [6.07, 6.45) is 5.93. The molecule has 0 radical (unpaired) electrons. The van der Waals surface area contributed by atoms with Gasteiger partial charge in [0.1, 0.15) is 5.75 Å². The predicted molar refractivity (Wildman–Crippen MR) is 101 cm³/mol. The quantitative estimate of drug-likeness (QED) is 0.561. The van der Waals surface area contributed by atoms with Gasteiger partial charge in [-0.25, -0.2) is 9.13 Å². The molecule has 1 unspecified atom stereocenters. The smallest absolute Gasteiger partial charge is 0.244 e. The second kappa shape index (κ2) is 4.78. The Hall–Kier alpha value is -2.03. The summed E-state index contributed by atoms with van der Waals surface area (Å²) < 4.78 is 10.8. The van der Waals surface area contributed by atoms with E-state index in [9.17, 15) is 0 Å². The van der Waals surface area contributed by atoms with Gasteiger partial charge in [0.05, 0.1) is 26.3 Å². The lowest BCUT2D eigenvalue weighted by Crippen LogP contribution is -2.26. The van der Waals surface area contributed by atoms with Gasteiger partial charge in [0.25, 0.3) is 0 Å². The molecular formula is C22H27N2O+. The Morgan fingerprint density at radius 2 is 2.08 bits per heavy atom. The molecule has 1 aliphatic carbocycles. The van der Waals surface area contributed by atoms with Crippen molar-refractivity contribution in [1.82, 2.24) is 4.57 Å². The van der Waals surface area contributed by atoms with Crippen molar-refractivity contribution in [2.75, 3.05) is 6.61 Å². The number of fused-ring (bicyclic) bond motifs is 8. The number of imidazole rings is 1. The number of ether oxygens (including phenoxy) is 1. The highest BCUT2D eigenvalue weighted by Gasteiger charge is 2.35. The van der Waals surface area contributed by atoms with Crippen LogP contribution in [-0.4, -0.2) is 11.2 Å². The Labute approximate surface area is 149 Å². The van der Waals surface area contributed by atoms with E-state index in [2.05, 4.69) is 62.5 Å². The Balaban J connectivity index is 2.05. The summed E-state index contributed by atoms with van der Waals surface area (Å²) in [4.78, 5) is 0. The minimum atomic E-state index is 0.259. The van der Waals surface area contributed by atoms with Crippen LogP contribution < -0.4 is 9.30 Å². The normalized spacial score (nSPS) is 21.4. The average molecular weight is 335 g/mol. The van der Waals surface area contributed by atoms with E-state index in [0.717, 1.165) is 12.4 Å². The van der Waals surface area contributed by atoms with Crippen LogP contribution in [0.25, 0.3) is 21.8 Å². The Morgan fingerprint density at radius 1 is 1.28 bits per heavy atom. The number of hydrogen-bond donors (Lipinski definition) is 0. The molecule has 2 heterocycles. The molecule has 1 atom stereocenters. The van der Waals surface area contributed by atoms with E-state index in [1.807, 2.05) is 0 Å². The van der Waals surface area contributed by atoms with Crippen molar-refractivity contribution in [2.24, 2.45) is 14.1 Å². The average Bonchev–Trinajstić information content (AvgIpc) is 3.07. The van der Waals surface area contributed by atoms with Gasteiger partial charge in [-0.2, -0.15) is 0 Å². The lowest BCUT2D eigenvalue weighted by atomic mass is 9.71. The third-order valence-electron chi connectivity index (χ3n) is 6.50. The first kappa shape index (κ1) is 15.2. The fourth-order valence-corrected chi connectivity index (χ4v) is 5.32. The molecule has 0 saturated heterocycles. The second-order valence-corrected chi connectivity index (χ2v) is 8.74. The topological polar surface area (TPSA) is 18.0 Å². The van der Waals surface area contributed by atoms with Crippen molar-refractivity contribution in [2.45, 2.75) is 51.4 Å². The molecule has 1 aromatic heterocycles. The van der Waals surface area contributed by atoms with E-state index >= 15 is 0 Å².